The predicted octanol–water partition coefficient (Wildman–Crippen LogP) is 3.15. The van der Waals surface area contributed by atoms with Crippen LogP contribution in [0.5, 0.6) is 0 Å². The van der Waals surface area contributed by atoms with Crippen molar-refractivity contribution in [1.29, 1.82) is 0 Å². The molecule has 0 saturated heterocycles. The third-order valence-corrected chi connectivity index (χ3v) is 3.35. The maximum absolute atomic E-state index is 11.8. The lowest BCUT2D eigenvalue weighted by Gasteiger charge is -2.17. The molecule has 26 heavy (non-hydrogen) atoms. The first kappa shape index (κ1) is 22.3. The summed E-state index contributed by atoms with van der Waals surface area (Å²) in [6, 6.07) is 8.01. The van der Waals surface area contributed by atoms with E-state index in [1.165, 1.54) is 0 Å². The Morgan fingerprint density at radius 1 is 1.12 bits per heavy atom. The van der Waals surface area contributed by atoms with Gasteiger partial charge in [-0.05, 0) is 12.0 Å². The monoisotopic (exact) mass is 425 g/mol. The molecule has 10 heteroatoms. The molecule has 1 rings (SSSR count). The van der Waals surface area contributed by atoms with E-state index in [1.807, 2.05) is 30.3 Å². The highest BCUT2D eigenvalue weighted by atomic mass is 35.6. The highest BCUT2D eigenvalue weighted by Gasteiger charge is 2.26. The lowest BCUT2D eigenvalue weighted by molar-refractivity contribution is -0.146. The molecule has 144 valence electrons. The molecule has 0 spiro atoms. The molecule has 0 aliphatic heterocycles. The third kappa shape index (κ3) is 9.70. The first-order valence-corrected chi connectivity index (χ1v) is 8.62. The van der Waals surface area contributed by atoms with Crippen molar-refractivity contribution in [3.05, 3.63) is 35.9 Å². The van der Waals surface area contributed by atoms with E-state index in [2.05, 4.69) is 14.8 Å². The van der Waals surface area contributed by atoms with Gasteiger partial charge in [0.1, 0.15) is 19.3 Å². The number of benzene rings is 1. The fourth-order valence-corrected chi connectivity index (χ4v) is 1.96. The molecule has 1 aromatic rings. The summed E-state index contributed by atoms with van der Waals surface area (Å²) in [4.78, 5) is 35.2. The highest BCUT2D eigenvalue weighted by Crippen LogP contribution is 2.25. The van der Waals surface area contributed by atoms with Crippen LogP contribution in [0.2, 0.25) is 0 Å². The number of alkyl carbamates (subject to hydrolysis) is 1. The van der Waals surface area contributed by atoms with E-state index in [1.54, 1.807) is 0 Å². The van der Waals surface area contributed by atoms with Crippen LogP contribution in [0.1, 0.15) is 18.4 Å². The smallest absolute Gasteiger partial charge is 0.407 e. The van der Waals surface area contributed by atoms with Crippen molar-refractivity contribution < 1.29 is 28.6 Å². The van der Waals surface area contributed by atoms with Gasteiger partial charge in [0.25, 0.3) is 0 Å². The Morgan fingerprint density at radius 3 is 2.35 bits per heavy atom. The minimum absolute atomic E-state index is 0.0385. The van der Waals surface area contributed by atoms with Gasteiger partial charge in [0.2, 0.25) is 3.79 Å². The molecule has 0 radical (unpaired) electrons. The lowest BCUT2D eigenvalue weighted by Crippen LogP contribution is -2.42. The van der Waals surface area contributed by atoms with E-state index in [0.29, 0.717) is 0 Å². The molecule has 1 atom stereocenters. The first-order valence-electron chi connectivity index (χ1n) is 7.48. The lowest BCUT2D eigenvalue weighted by atomic mass is 10.1. The number of rotatable bonds is 8. The standard InChI is InChI=1S/C16H18Cl3NO6/c1-24-14(22)12(20-15(23)26-10-16(17,18)19)7-8-13(21)25-9-11-5-3-2-4-6-11/h2-6,12H,7-10H2,1H3,(H,20,23)/t12-/m1/s1. The van der Waals surface area contributed by atoms with Crippen molar-refractivity contribution in [1.82, 2.24) is 5.32 Å². The van der Waals surface area contributed by atoms with Crippen molar-refractivity contribution in [2.45, 2.75) is 29.3 Å². The van der Waals surface area contributed by atoms with Gasteiger partial charge in [0, 0.05) is 6.42 Å². The molecule has 1 N–H and O–H groups in total. The summed E-state index contributed by atoms with van der Waals surface area (Å²) in [6.07, 6.45) is -1.13. The van der Waals surface area contributed by atoms with E-state index in [-0.39, 0.29) is 19.4 Å². The Kier molecular flexibility index (Phi) is 9.54. The van der Waals surface area contributed by atoms with Crippen LogP contribution in [0.3, 0.4) is 0 Å². The van der Waals surface area contributed by atoms with E-state index in [9.17, 15) is 14.4 Å². The Balaban J connectivity index is 2.45. The molecule has 0 bridgehead atoms. The van der Waals surface area contributed by atoms with Gasteiger partial charge in [0.05, 0.1) is 7.11 Å². The fourth-order valence-electron chi connectivity index (χ4n) is 1.79. The third-order valence-electron chi connectivity index (χ3n) is 3.02. The Hall–Kier alpha value is -1.70. The predicted molar refractivity (Wildman–Crippen MR) is 96.0 cm³/mol. The van der Waals surface area contributed by atoms with Crippen molar-refractivity contribution in [2.75, 3.05) is 13.7 Å². The second-order valence-electron chi connectivity index (χ2n) is 5.10. The molecular formula is C16H18Cl3NO6. The summed E-state index contributed by atoms with van der Waals surface area (Å²) in [5.41, 5.74) is 0.832. The number of nitrogens with one attached hydrogen (secondary N) is 1. The van der Waals surface area contributed by atoms with Gasteiger partial charge < -0.3 is 19.5 Å². The molecule has 7 nitrogen and oxygen atoms in total. The Bertz CT molecular complexity index is 606. The van der Waals surface area contributed by atoms with Crippen LogP contribution in [0, 0.1) is 0 Å². The quantitative estimate of drug-likeness (QED) is 0.390. The average molecular weight is 427 g/mol. The van der Waals surface area contributed by atoms with Crippen LogP contribution >= 0.6 is 34.8 Å². The largest absolute Gasteiger partial charge is 0.467 e. The SMILES string of the molecule is COC(=O)[C@@H](CCC(=O)OCc1ccccc1)NC(=O)OCC(Cl)(Cl)Cl. The topological polar surface area (TPSA) is 90.9 Å². The van der Waals surface area contributed by atoms with Gasteiger partial charge in [-0.15, -0.1) is 0 Å². The normalized spacial score (nSPS) is 12.0. The maximum Gasteiger partial charge on any atom is 0.407 e. The van der Waals surface area contributed by atoms with Gasteiger partial charge in [0.15, 0.2) is 0 Å². The Labute approximate surface area is 165 Å². The van der Waals surface area contributed by atoms with Crippen LogP contribution < -0.4 is 5.32 Å². The van der Waals surface area contributed by atoms with Gasteiger partial charge in [-0.2, -0.15) is 0 Å². The second-order valence-corrected chi connectivity index (χ2v) is 7.61. The zero-order valence-corrected chi connectivity index (χ0v) is 16.1. The first-order chi connectivity index (χ1) is 12.2. The van der Waals surface area contributed by atoms with Gasteiger partial charge in [-0.25, -0.2) is 9.59 Å². The highest BCUT2D eigenvalue weighted by molar-refractivity contribution is 6.67. The number of carbonyl (C=O) groups is 3. The Morgan fingerprint density at radius 2 is 1.77 bits per heavy atom. The van der Waals surface area contributed by atoms with Gasteiger partial charge in [-0.3, -0.25) is 4.79 Å². The van der Waals surface area contributed by atoms with Crippen molar-refractivity contribution >= 4 is 52.8 Å². The van der Waals surface area contributed by atoms with Crippen molar-refractivity contribution in [3.63, 3.8) is 0 Å². The number of methoxy groups -OCH3 is 1. The number of halogens is 3. The summed E-state index contributed by atoms with van der Waals surface area (Å²) in [7, 11) is 1.15. The van der Waals surface area contributed by atoms with Crippen molar-refractivity contribution in [2.24, 2.45) is 0 Å². The molecule has 0 heterocycles. The van der Waals surface area contributed by atoms with Crippen molar-refractivity contribution in [3.8, 4) is 0 Å². The zero-order valence-electron chi connectivity index (χ0n) is 13.9. The summed E-state index contributed by atoms with van der Waals surface area (Å²) in [6.45, 7) is -0.391. The molecule has 1 aromatic carbocycles. The van der Waals surface area contributed by atoms with E-state index in [0.717, 1.165) is 12.7 Å². The number of hydrogen-bond donors (Lipinski definition) is 1. The van der Waals surface area contributed by atoms with Gasteiger partial charge >= 0.3 is 18.0 Å². The van der Waals surface area contributed by atoms with Crippen LogP contribution in [0.25, 0.3) is 0 Å². The number of carbonyl (C=O) groups excluding carboxylic acids is 3. The summed E-state index contributed by atoms with van der Waals surface area (Å²) in [5.74, 6) is -1.27. The van der Waals surface area contributed by atoms with Crippen LogP contribution in [0.4, 0.5) is 4.79 Å². The summed E-state index contributed by atoms with van der Waals surface area (Å²) >= 11 is 16.4. The molecular weight excluding hydrogens is 409 g/mol. The number of esters is 2. The van der Waals surface area contributed by atoms with Crippen LogP contribution in [0.15, 0.2) is 30.3 Å². The number of hydrogen-bond acceptors (Lipinski definition) is 6. The van der Waals surface area contributed by atoms with E-state index in [4.69, 9.17) is 39.5 Å². The number of ether oxygens (including phenoxy) is 3. The summed E-state index contributed by atoms with van der Waals surface area (Å²) in [5, 5.41) is 2.25. The van der Waals surface area contributed by atoms with Crippen LogP contribution in [-0.2, 0) is 30.4 Å². The maximum atomic E-state index is 11.8. The molecule has 0 aliphatic carbocycles. The van der Waals surface area contributed by atoms with E-state index < -0.39 is 34.5 Å². The molecule has 0 unspecified atom stereocenters. The molecule has 0 fully saturated rings. The minimum Gasteiger partial charge on any atom is -0.467 e. The fraction of sp³-hybridized carbons (Fsp3) is 0.438. The van der Waals surface area contributed by atoms with Gasteiger partial charge in [-0.1, -0.05) is 65.1 Å². The second kappa shape index (κ2) is 11.1. The number of alkyl halides is 3. The molecule has 0 aliphatic rings. The molecule has 0 saturated carbocycles. The molecule has 0 aromatic heterocycles. The average Bonchev–Trinajstić information content (AvgIpc) is 2.61. The number of amides is 1. The van der Waals surface area contributed by atoms with Crippen LogP contribution in [-0.4, -0.2) is 41.6 Å². The molecule has 1 amide bonds. The zero-order chi connectivity index (χ0) is 19.6. The van der Waals surface area contributed by atoms with E-state index >= 15 is 0 Å². The summed E-state index contributed by atoms with van der Waals surface area (Å²) < 4.78 is 12.6. The minimum atomic E-state index is -1.78.